The largest absolute Gasteiger partial charge is 0.416 e. The number of aliphatic hydroxyl groups excluding tert-OH is 1. The van der Waals surface area contributed by atoms with Crippen LogP contribution in [0.15, 0.2) is 24.3 Å². The highest BCUT2D eigenvalue weighted by Gasteiger charge is 2.39. The summed E-state index contributed by atoms with van der Waals surface area (Å²) in [7, 11) is 2.52. The number of likely N-dealkylation sites (tertiary alicyclic amines) is 1. The van der Waals surface area contributed by atoms with Crippen molar-refractivity contribution in [2.45, 2.75) is 37.6 Å². The fourth-order valence-electron chi connectivity index (χ4n) is 4.68. The Morgan fingerprint density at radius 2 is 1.88 bits per heavy atom. The molecule has 0 spiro atoms. The molecule has 1 aromatic carbocycles. The highest BCUT2D eigenvalue weighted by molar-refractivity contribution is 6.31. The maximum absolute atomic E-state index is 14.8. The SMILES string of the molecule is Cc1cc(C(F)(F)F)cc(N(C=O)C(CN(C)CC(O)CN2CCC(F)(F)C2)C(=O)N(C)c2ccc(F)c(Cl)c2F)n1. The molecule has 0 bridgehead atoms. The van der Waals surface area contributed by atoms with Crippen molar-refractivity contribution in [1.29, 1.82) is 0 Å². The number of rotatable bonds is 11. The van der Waals surface area contributed by atoms with Gasteiger partial charge in [0.05, 0.1) is 23.9 Å². The van der Waals surface area contributed by atoms with E-state index in [-0.39, 0.29) is 38.2 Å². The number of anilines is 2. The molecule has 0 aliphatic carbocycles. The standard InChI is InChI=1S/C26H29ClF7N5O3/c1-15-8-16(26(32,33)34)9-21(35-15)39(14-40)20(24(42)37(3)19-5-4-18(28)22(27)23(19)29)12-36(2)10-17(41)11-38-7-6-25(30,31)13-38/h4-5,8-9,14,17,20,41H,6-7,10-13H2,1-3H3. The first-order valence-corrected chi connectivity index (χ1v) is 13.0. The molecule has 3 rings (SSSR count). The lowest BCUT2D eigenvalue weighted by Gasteiger charge is -2.34. The number of carbonyl (C=O) groups is 2. The number of aliphatic hydroxyl groups is 1. The summed E-state index contributed by atoms with van der Waals surface area (Å²) < 4.78 is 96.2. The first-order valence-electron chi connectivity index (χ1n) is 12.6. The van der Waals surface area contributed by atoms with Gasteiger partial charge >= 0.3 is 6.18 Å². The van der Waals surface area contributed by atoms with Crippen LogP contribution in [0, 0.1) is 18.6 Å². The van der Waals surface area contributed by atoms with Crippen molar-refractivity contribution in [2.24, 2.45) is 0 Å². The van der Waals surface area contributed by atoms with Crippen molar-refractivity contribution in [3.63, 3.8) is 0 Å². The van der Waals surface area contributed by atoms with Crippen LogP contribution in [-0.2, 0) is 15.8 Å². The number of pyridine rings is 1. The van der Waals surface area contributed by atoms with Gasteiger partial charge in [0.25, 0.3) is 11.8 Å². The van der Waals surface area contributed by atoms with Gasteiger partial charge in [-0.05, 0) is 38.2 Å². The molecule has 1 N–H and O–H groups in total. The Hall–Kier alpha value is -3.01. The molecule has 1 aliphatic rings. The highest BCUT2D eigenvalue weighted by atomic mass is 35.5. The van der Waals surface area contributed by atoms with Gasteiger partial charge in [-0.25, -0.2) is 22.5 Å². The second-order valence-corrected chi connectivity index (χ2v) is 10.6. The molecule has 0 radical (unpaired) electrons. The maximum atomic E-state index is 14.8. The molecular formula is C26H29ClF7N5O3. The van der Waals surface area contributed by atoms with Crippen LogP contribution in [0.3, 0.4) is 0 Å². The Bertz CT molecular complexity index is 1300. The molecule has 16 heteroatoms. The molecule has 2 heterocycles. The third-order valence-electron chi connectivity index (χ3n) is 6.70. The summed E-state index contributed by atoms with van der Waals surface area (Å²) in [6, 6.07) is 1.40. The topological polar surface area (TPSA) is 80.2 Å². The van der Waals surface area contributed by atoms with E-state index in [0.29, 0.717) is 11.0 Å². The van der Waals surface area contributed by atoms with Crippen LogP contribution in [0.2, 0.25) is 5.02 Å². The van der Waals surface area contributed by atoms with Crippen LogP contribution in [0.4, 0.5) is 42.2 Å². The van der Waals surface area contributed by atoms with E-state index in [0.717, 1.165) is 30.1 Å². The molecule has 232 valence electrons. The first-order chi connectivity index (χ1) is 19.4. The normalized spacial score (nSPS) is 16.9. The Balaban J connectivity index is 1.94. The van der Waals surface area contributed by atoms with Gasteiger partial charge in [0.15, 0.2) is 5.82 Å². The van der Waals surface area contributed by atoms with Gasteiger partial charge in [-0.3, -0.25) is 19.4 Å². The van der Waals surface area contributed by atoms with Crippen molar-refractivity contribution in [2.75, 3.05) is 56.6 Å². The molecule has 42 heavy (non-hydrogen) atoms. The molecule has 8 nitrogen and oxygen atoms in total. The van der Waals surface area contributed by atoms with Crippen molar-refractivity contribution in [3.8, 4) is 0 Å². The van der Waals surface area contributed by atoms with Gasteiger partial charge < -0.3 is 14.9 Å². The van der Waals surface area contributed by atoms with Gasteiger partial charge in [0, 0.05) is 45.3 Å². The second kappa shape index (κ2) is 13.1. The van der Waals surface area contributed by atoms with Crippen LogP contribution in [0.5, 0.6) is 0 Å². The number of amides is 2. The van der Waals surface area contributed by atoms with Crippen molar-refractivity contribution in [1.82, 2.24) is 14.8 Å². The number of alkyl halides is 5. The van der Waals surface area contributed by atoms with Crippen molar-refractivity contribution >= 4 is 35.4 Å². The monoisotopic (exact) mass is 627 g/mol. The maximum Gasteiger partial charge on any atom is 0.416 e. The van der Waals surface area contributed by atoms with E-state index < -0.39 is 77.0 Å². The van der Waals surface area contributed by atoms with E-state index in [4.69, 9.17) is 11.6 Å². The molecule has 2 aromatic rings. The molecule has 1 fully saturated rings. The minimum Gasteiger partial charge on any atom is -0.390 e. The van der Waals surface area contributed by atoms with E-state index in [1.807, 2.05) is 0 Å². The minimum absolute atomic E-state index is 0.0605. The van der Waals surface area contributed by atoms with Gasteiger partial charge in [-0.15, -0.1) is 0 Å². The Morgan fingerprint density at radius 3 is 2.45 bits per heavy atom. The number of aryl methyl sites for hydroxylation is 1. The molecular weight excluding hydrogens is 599 g/mol. The number of carbonyl (C=O) groups excluding carboxylic acids is 2. The lowest BCUT2D eigenvalue weighted by Crippen LogP contribution is -2.54. The molecule has 1 aliphatic heterocycles. The molecule has 1 aromatic heterocycles. The number of hydrogen-bond acceptors (Lipinski definition) is 6. The Labute approximate surface area is 242 Å². The predicted octanol–water partition coefficient (Wildman–Crippen LogP) is 3.97. The summed E-state index contributed by atoms with van der Waals surface area (Å²) in [4.78, 5) is 34.0. The van der Waals surface area contributed by atoms with Crippen LogP contribution in [0.25, 0.3) is 0 Å². The summed E-state index contributed by atoms with van der Waals surface area (Å²) in [5.41, 5.74) is -1.74. The number of β-amino-alcohol motifs (C(OH)–C–C–N with tert-alkyl or cyclic N) is 1. The van der Waals surface area contributed by atoms with E-state index in [9.17, 15) is 45.4 Å². The number of benzene rings is 1. The number of halogens is 8. The fraction of sp³-hybridized carbons (Fsp3) is 0.500. The zero-order valence-electron chi connectivity index (χ0n) is 22.8. The average molecular weight is 628 g/mol. The van der Waals surface area contributed by atoms with Crippen LogP contribution in [0.1, 0.15) is 17.7 Å². The quantitative estimate of drug-likeness (QED) is 0.231. The summed E-state index contributed by atoms with van der Waals surface area (Å²) >= 11 is 5.65. The van der Waals surface area contributed by atoms with E-state index in [1.165, 1.54) is 23.8 Å². The Morgan fingerprint density at radius 1 is 1.21 bits per heavy atom. The number of likely N-dealkylation sites (N-methyl/N-ethyl adjacent to an activating group) is 2. The van der Waals surface area contributed by atoms with Crippen LogP contribution in [-0.4, -0.2) is 97.1 Å². The predicted molar refractivity (Wildman–Crippen MR) is 141 cm³/mol. The molecule has 2 unspecified atom stereocenters. The third-order valence-corrected chi connectivity index (χ3v) is 7.04. The van der Waals surface area contributed by atoms with Gasteiger partial charge in [-0.2, -0.15) is 13.2 Å². The summed E-state index contributed by atoms with van der Waals surface area (Å²) in [5, 5.41) is 9.61. The lowest BCUT2D eigenvalue weighted by atomic mass is 10.1. The summed E-state index contributed by atoms with van der Waals surface area (Å²) in [6.07, 6.45) is -6.26. The molecule has 2 atom stereocenters. The summed E-state index contributed by atoms with van der Waals surface area (Å²) in [5.74, 6) is -6.82. The van der Waals surface area contributed by atoms with Crippen molar-refractivity contribution in [3.05, 3.63) is 52.2 Å². The van der Waals surface area contributed by atoms with Crippen LogP contribution < -0.4 is 9.80 Å². The highest BCUT2D eigenvalue weighted by Crippen LogP contribution is 2.33. The van der Waals surface area contributed by atoms with Gasteiger partial charge in [0.1, 0.15) is 22.7 Å². The third kappa shape index (κ3) is 8.08. The number of nitrogens with zero attached hydrogens (tertiary/aromatic N) is 5. The molecule has 1 saturated heterocycles. The number of aromatic nitrogens is 1. The summed E-state index contributed by atoms with van der Waals surface area (Å²) in [6.45, 7) is 0.0566. The first kappa shape index (κ1) is 33.5. The number of hydrogen-bond donors (Lipinski definition) is 1. The minimum atomic E-state index is -4.81. The average Bonchev–Trinajstić information content (AvgIpc) is 3.23. The fourth-order valence-corrected chi connectivity index (χ4v) is 4.84. The van der Waals surface area contributed by atoms with Crippen LogP contribution >= 0.6 is 11.6 Å². The Kier molecular flexibility index (Phi) is 10.4. The van der Waals surface area contributed by atoms with Gasteiger partial charge in [-0.1, -0.05) is 11.6 Å². The lowest BCUT2D eigenvalue weighted by molar-refractivity contribution is -0.137. The van der Waals surface area contributed by atoms with E-state index >= 15 is 0 Å². The van der Waals surface area contributed by atoms with Gasteiger partial charge in [0.2, 0.25) is 6.41 Å². The molecule has 2 amide bonds. The van der Waals surface area contributed by atoms with Crippen molar-refractivity contribution < 1.29 is 45.4 Å². The van der Waals surface area contributed by atoms with E-state index in [1.54, 1.807) is 0 Å². The van der Waals surface area contributed by atoms with E-state index in [2.05, 4.69) is 4.98 Å². The second-order valence-electron chi connectivity index (χ2n) is 10.2. The smallest absolute Gasteiger partial charge is 0.390 e. The molecule has 0 saturated carbocycles. The zero-order valence-corrected chi connectivity index (χ0v) is 23.6. The zero-order chi connectivity index (χ0) is 31.6.